The number of hydrogen-bond donors (Lipinski definition) is 1. The molecule has 0 aromatic carbocycles. The number of amides is 1. The molecule has 19 heavy (non-hydrogen) atoms. The largest absolute Gasteiger partial charge is 0.332 e. The molecule has 2 heterocycles. The van der Waals surface area contributed by atoms with E-state index in [0.717, 1.165) is 24.4 Å². The summed E-state index contributed by atoms with van der Waals surface area (Å²) in [6.45, 7) is 2.51. The number of nitrogens with zero attached hydrogens (tertiary/aromatic N) is 3. The third-order valence-electron chi connectivity index (χ3n) is 3.23. The molecule has 1 unspecified atom stereocenters. The molecule has 1 fully saturated rings. The van der Waals surface area contributed by atoms with Crippen molar-refractivity contribution >= 4 is 22.2 Å². The first kappa shape index (κ1) is 13.9. The molecule has 7 nitrogen and oxygen atoms in total. The molecule has 1 aromatic rings. The van der Waals surface area contributed by atoms with Crippen LogP contribution in [0.15, 0.2) is 11.4 Å². The van der Waals surface area contributed by atoms with E-state index in [4.69, 9.17) is 5.73 Å². The SMILES string of the molecule is CN1CCN(C(=O)c2csc([N+](=O)[O-])c2)C(CN)C1. The fourth-order valence-corrected chi connectivity index (χ4v) is 2.88. The molecule has 1 aromatic heterocycles. The topological polar surface area (TPSA) is 92.7 Å². The van der Waals surface area contributed by atoms with E-state index < -0.39 is 4.92 Å². The number of likely N-dealkylation sites (N-methyl/N-ethyl adjacent to an activating group) is 1. The van der Waals surface area contributed by atoms with Crippen LogP contribution in [0, 0.1) is 10.1 Å². The fraction of sp³-hybridized carbons (Fsp3) is 0.545. The molecule has 0 aliphatic carbocycles. The van der Waals surface area contributed by atoms with Crippen LogP contribution in [-0.2, 0) is 0 Å². The second-order valence-electron chi connectivity index (χ2n) is 4.58. The number of nitrogens with two attached hydrogens (primary N) is 1. The molecular weight excluding hydrogens is 268 g/mol. The molecule has 2 N–H and O–H groups in total. The van der Waals surface area contributed by atoms with Crippen molar-refractivity contribution in [1.82, 2.24) is 9.80 Å². The molecular formula is C11H16N4O3S. The quantitative estimate of drug-likeness (QED) is 0.639. The van der Waals surface area contributed by atoms with Crippen LogP contribution in [-0.4, -0.2) is 59.9 Å². The number of carbonyl (C=O) groups excluding carboxylic acids is 1. The Hall–Kier alpha value is -1.51. The van der Waals surface area contributed by atoms with Crippen LogP contribution in [0.1, 0.15) is 10.4 Å². The van der Waals surface area contributed by atoms with Crippen molar-refractivity contribution in [2.75, 3.05) is 33.2 Å². The molecule has 1 aliphatic heterocycles. The lowest BCUT2D eigenvalue weighted by atomic mass is 10.1. The summed E-state index contributed by atoms with van der Waals surface area (Å²) in [7, 11) is 1.99. The zero-order chi connectivity index (χ0) is 14.0. The van der Waals surface area contributed by atoms with Crippen LogP contribution < -0.4 is 5.73 Å². The highest BCUT2D eigenvalue weighted by Gasteiger charge is 2.29. The van der Waals surface area contributed by atoms with E-state index in [1.807, 2.05) is 7.05 Å². The summed E-state index contributed by atoms with van der Waals surface area (Å²) in [5.74, 6) is -0.173. The maximum Gasteiger partial charge on any atom is 0.324 e. The third-order valence-corrected chi connectivity index (χ3v) is 4.11. The molecule has 104 valence electrons. The Morgan fingerprint density at radius 1 is 1.63 bits per heavy atom. The Morgan fingerprint density at radius 3 is 2.95 bits per heavy atom. The summed E-state index contributed by atoms with van der Waals surface area (Å²) in [5, 5.41) is 12.2. The number of carbonyl (C=O) groups is 1. The molecule has 0 bridgehead atoms. The van der Waals surface area contributed by atoms with Gasteiger partial charge in [0.15, 0.2) is 0 Å². The monoisotopic (exact) mass is 284 g/mol. The van der Waals surface area contributed by atoms with Crippen molar-refractivity contribution in [1.29, 1.82) is 0 Å². The van der Waals surface area contributed by atoms with Gasteiger partial charge in [-0.3, -0.25) is 14.9 Å². The predicted octanol–water partition coefficient (Wildman–Crippen LogP) is 0.371. The van der Waals surface area contributed by atoms with Gasteiger partial charge in [0.2, 0.25) is 0 Å². The number of thiophene rings is 1. The van der Waals surface area contributed by atoms with Crippen molar-refractivity contribution < 1.29 is 9.72 Å². The molecule has 0 radical (unpaired) electrons. The molecule has 2 rings (SSSR count). The van der Waals surface area contributed by atoms with Gasteiger partial charge in [-0.1, -0.05) is 11.3 Å². The van der Waals surface area contributed by atoms with Gasteiger partial charge >= 0.3 is 5.00 Å². The number of hydrogen-bond acceptors (Lipinski definition) is 6. The smallest absolute Gasteiger partial charge is 0.324 e. The van der Waals surface area contributed by atoms with Gasteiger partial charge in [0.1, 0.15) is 0 Å². The van der Waals surface area contributed by atoms with Crippen molar-refractivity contribution in [3.8, 4) is 0 Å². The average molecular weight is 284 g/mol. The summed E-state index contributed by atoms with van der Waals surface area (Å²) >= 11 is 0.971. The summed E-state index contributed by atoms with van der Waals surface area (Å²) < 4.78 is 0. The van der Waals surface area contributed by atoms with Gasteiger partial charge in [0, 0.05) is 37.6 Å². The van der Waals surface area contributed by atoms with E-state index >= 15 is 0 Å². The van der Waals surface area contributed by atoms with Gasteiger partial charge in [-0.2, -0.15) is 0 Å². The van der Waals surface area contributed by atoms with E-state index in [0.29, 0.717) is 18.7 Å². The molecule has 0 saturated carbocycles. The van der Waals surface area contributed by atoms with Crippen LogP contribution in [0.25, 0.3) is 0 Å². The minimum atomic E-state index is -0.480. The van der Waals surface area contributed by atoms with Crippen molar-refractivity contribution in [3.63, 3.8) is 0 Å². The molecule has 1 amide bonds. The third kappa shape index (κ3) is 2.91. The number of nitro groups is 1. The molecule has 1 atom stereocenters. The first-order valence-electron chi connectivity index (χ1n) is 5.95. The van der Waals surface area contributed by atoms with Gasteiger partial charge in [-0.25, -0.2) is 0 Å². The van der Waals surface area contributed by atoms with Gasteiger partial charge in [0.25, 0.3) is 5.91 Å². The first-order chi connectivity index (χ1) is 9.02. The Morgan fingerprint density at radius 2 is 2.37 bits per heavy atom. The minimum Gasteiger partial charge on any atom is -0.332 e. The van der Waals surface area contributed by atoms with Gasteiger partial charge in [0.05, 0.1) is 16.5 Å². The lowest BCUT2D eigenvalue weighted by Crippen LogP contribution is -2.56. The first-order valence-corrected chi connectivity index (χ1v) is 6.83. The van der Waals surface area contributed by atoms with Gasteiger partial charge in [-0.05, 0) is 7.05 Å². The highest BCUT2D eigenvalue weighted by atomic mass is 32.1. The Kier molecular flexibility index (Phi) is 4.13. The summed E-state index contributed by atoms with van der Waals surface area (Å²) in [4.78, 5) is 26.3. The highest BCUT2D eigenvalue weighted by Crippen LogP contribution is 2.24. The van der Waals surface area contributed by atoms with E-state index in [1.54, 1.807) is 4.90 Å². The second-order valence-corrected chi connectivity index (χ2v) is 5.47. The standard InChI is InChI=1S/C11H16N4O3S/c1-13-2-3-14(9(5-12)6-13)11(16)8-4-10(15(17)18)19-7-8/h4,7,9H,2-3,5-6,12H2,1H3. The van der Waals surface area contributed by atoms with E-state index in [2.05, 4.69) is 4.90 Å². The zero-order valence-corrected chi connectivity index (χ0v) is 11.4. The predicted molar refractivity (Wildman–Crippen MR) is 72.3 cm³/mol. The molecule has 8 heteroatoms. The summed E-state index contributed by atoms with van der Waals surface area (Å²) in [5.41, 5.74) is 6.07. The summed E-state index contributed by atoms with van der Waals surface area (Å²) in [6, 6.07) is 1.30. The number of piperazine rings is 1. The van der Waals surface area contributed by atoms with Crippen LogP contribution >= 0.6 is 11.3 Å². The minimum absolute atomic E-state index is 0.0122. The lowest BCUT2D eigenvalue weighted by molar-refractivity contribution is -0.380. The van der Waals surface area contributed by atoms with Crippen LogP contribution in [0.2, 0.25) is 0 Å². The average Bonchev–Trinajstić information content (AvgIpc) is 2.87. The second kappa shape index (κ2) is 5.64. The Labute approximate surface area is 114 Å². The lowest BCUT2D eigenvalue weighted by Gasteiger charge is -2.39. The maximum absolute atomic E-state index is 12.3. The highest BCUT2D eigenvalue weighted by molar-refractivity contribution is 7.13. The van der Waals surface area contributed by atoms with E-state index in [-0.39, 0.29) is 17.0 Å². The number of rotatable bonds is 3. The van der Waals surface area contributed by atoms with Crippen molar-refractivity contribution in [3.05, 3.63) is 27.1 Å². The van der Waals surface area contributed by atoms with Crippen LogP contribution in [0.5, 0.6) is 0 Å². The molecule has 0 spiro atoms. The van der Waals surface area contributed by atoms with E-state index in [1.165, 1.54) is 11.4 Å². The van der Waals surface area contributed by atoms with Crippen molar-refractivity contribution in [2.45, 2.75) is 6.04 Å². The fourth-order valence-electron chi connectivity index (χ4n) is 2.18. The maximum atomic E-state index is 12.3. The summed E-state index contributed by atoms with van der Waals surface area (Å²) in [6.07, 6.45) is 0. The Balaban J connectivity index is 2.15. The van der Waals surface area contributed by atoms with E-state index in [9.17, 15) is 14.9 Å². The Bertz CT molecular complexity index is 490. The van der Waals surface area contributed by atoms with Crippen LogP contribution in [0.3, 0.4) is 0 Å². The normalized spacial score (nSPS) is 20.5. The van der Waals surface area contributed by atoms with Crippen LogP contribution in [0.4, 0.5) is 5.00 Å². The van der Waals surface area contributed by atoms with Gasteiger partial charge < -0.3 is 15.5 Å². The zero-order valence-electron chi connectivity index (χ0n) is 10.6. The van der Waals surface area contributed by atoms with Crippen molar-refractivity contribution in [2.24, 2.45) is 5.73 Å². The molecule has 1 aliphatic rings. The molecule has 1 saturated heterocycles. The van der Waals surface area contributed by atoms with Gasteiger partial charge in [-0.15, -0.1) is 0 Å².